The summed E-state index contributed by atoms with van der Waals surface area (Å²) >= 11 is 3.21. The van der Waals surface area contributed by atoms with Gasteiger partial charge in [0, 0.05) is 22.6 Å². The van der Waals surface area contributed by atoms with Crippen LogP contribution in [0.3, 0.4) is 0 Å². The lowest BCUT2D eigenvalue weighted by Crippen LogP contribution is -2.47. The SMILES string of the molecule is O=C(Cc1ccc([N+](=O)[O-])cc1Br)NC1CC(C(=O)O)C1. The molecule has 7 nitrogen and oxygen atoms in total. The van der Waals surface area contributed by atoms with Crippen LogP contribution in [0.5, 0.6) is 0 Å². The summed E-state index contributed by atoms with van der Waals surface area (Å²) in [6, 6.07) is 4.13. The summed E-state index contributed by atoms with van der Waals surface area (Å²) in [7, 11) is 0. The van der Waals surface area contributed by atoms with Gasteiger partial charge in [0.05, 0.1) is 17.3 Å². The summed E-state index contributed by atoms with van der Waals surface area (Å²) in [5.74, 6) is -1.43. The van der Waals surface area contributed by atoms with Crippen molar-refractivity contribution in [1.82, 2.24) is 5.32 Å². The first-order valence-corrected chi connectivity index (χ1v) is 7.11. The number of carboxylic acids is 1. The molecule has 1 aromatic carbocycles. The third-order valence-corrected chi connectivity index (χ3v) is 4.19. The van der Waals surface area contributed by atoms with Gasteiger partial charge in [0.1, 0.15) is 0 Å². The number of carbonyl (C=O) groups is 2. The van der Waals surface area contributed by atoms with Gasteiger partial charge in [-0.2, -0.15) is 0 Å². The Hall–Kier alpha value is -1.96. The maximum Gasteiger partial charge on any atom is 0.306 e. The van der Waals surface area contributed by atoms with Gasteiger partial charge in [0.2, 0.25) is 5.91 Å². The lowest BCUT2D eigenvalue weighted by atomic mass is 9.80. The molecule has 1 saturated carbocycles. The van der Waals surface area contributed by atoms with Crippen LogP contribution in [-0.4, -0.2) is 27.9 Å². The number of hydrogen-bond acceptors (Lipinski definition) is 4. The molecule has 0 aliphatic heterocycles. The van der Waals surface area contributed by atoms with Crippen molar-refractivity contribution < 1.29 is 19.6 Å². The molecule has 1 aliphatic rings. The van der Waals surface area contributed by atoms with Crippen molar-refractivity contribution in [2.75, 3.05) is 0 Å². The number of amides is 1. The fourth-order valence-electron chi connectivity index (χ4n) is 2.18. The second-order valence-electron chi connectivity index (χ2n) is 4.98. The molecule has 1 aromatic rings. The van der Waals surface area contributed by atoms with Crippen LogP contribution in [0.2, 0.25) is 0 Å². The Bertz CT molecular complexity index is 598. The van der Waals surface area contributed by atoms with E-state index in [1.54, 1.807) is 0 Å². The van der Waals surface area contributed by atoms with Gasteiger partial charge in [-0.05, 0) is 18.4 Å². The number of nitro groups is 1. The van der Waals surface area contributed by atoms with Crippen molar-refractivity contribution in [3.63, 3.8) is 0 Å². The van der Waals surface area contributed by atoms with E-state index in [1.165, 1.54) is 18.2 Å². The highest BCUT2D eigenvalue weighted by molar-refractivity contribution is 9.10. The highest BCUT2D eigenvalue weighted by atomic mass is 79.9. The summed E-state index contributed by atoms with van der Waals surface area (Å²) in [5, 5.41) is 22.1. The molecule has 2 N–H and O–H groups in total. The fourth-order valence-corrected chi connectivity index (χ4v) is 2.69. The zero-order valence-corrected chi connectivity index (χ0v) is 12.5. The van der Waals surface area contributed by atoms with Gasteiger partial charge in [0.25, 0.3) is 5.69 Å². The maximum atomic E-state index is 11.8. The first-order chi connectivity index (χ1) is 9.86. The van der Waals surface area contributed by atoms with E-state index in [-0.39, 0.29) is 30.0 Å². The zero-order valence-electron chi connectivity index (χ0n) is 10.9. The van der Waals surface area contributed by atoms with E-state index in [1.807, 2.05) is 0 Å². The molecule has 112 valence electrons. The van der Waals surface area contributed by atoms with E-state index in [2.05, 4.69) is 21.2 Å². The normalized spacial score (nSPS) is 20.4. The van der Waals surface area contributed by atoms with Gasteiger partial charge in [-0.25, -0.2) is 0 Å². The lowest BCUT2D eigenvalue weighted by molar-refractivity contribution is -0.384. The summed E-state index contributed by atoms with van der Waals surface area (Å²) in [6.45, 7) is 0. The molecule has 0 saturated heterocycles. The molecule has 0 bridgehead atoms. The number of halogens is 1. The maximum absolute atomic E-state index is 11.8. The van der Waals surface area contributed by atoms with Crippen molar-refractivity contribution in [2.24, 2.45) is 5.92 Å². The Balaban J connectivity index is 1.89. The number of rotatable bonds is 5. The van der Waals surface area contributed by atoms with Crippen molar-refractivity contribution in [2.45, 2.75) is 25.3 Å². The highest BCUT2D eigenvalue weighted by Gasteiger charge is 2.35. The molecule has 2 rings (SSSR count). The number of non-ortho nitro benzene ring substituents is 1. The van der Waals surface area contributed by atoms with Gasteiger partial charge >= 0.3 is 5.97 Å². The summed E-state index contributed by atoms with van der Waals surface area (Å²) < 4.78 is 0.504. The number of carboxylic acid groups (broad SMARTS) is 1. The Morgan fingerprint density at radius 3 is 2.62 bits per heavy atom. The van der Waals surface area contributed by atoms with Crippen molar-refractivity contribution >= 4 is 33.5 Å². The molecule has 0 unspecified atom stereocenters. The number of benzene rings is 1. The Morgan fingerprint density at radius 1 is 1.43 bits per heavy atom. The standard InChI is InChI=1S/C13H13BrN2O5/c14-11-6-10(16(20)21)2-1-7(11)5-12(17)15-9-3-8(4-9)13(18)19/h1-2,6,8-9H,3-5H2,(H,15,17)(H,18,19). The monoisotopic (exact) mass is 356 g/mol. The first kappa shape index (κ1) is 15.4. The van der Waals surface area contributed by atoms with Crippen molar-refractivity contribution in [1.29, 1.82) is 0 Å². The van der Waals surface area contributed by atoms with E-state index in [4.69, 9.17) is 5.11 Å². The second-order valence-corrected chi connectivity index (χ2v) is 5.83. The van der Waals surface area contributed by atoms with Crippen LogP contribution >= 0.6 is 15.9 Å². The van der Waals surface area contributed by atoms with Crippen LogP contribution in [0.25, 0.3) is 0 Å². The fraction of sp³-hybridized carbons (Fsp3) is 0.385. The number of carbonyl (C=O) groups excluding carboxylic acids is 1. The molecular weight excluding hydrogens is 344 g/mol. The van der Waals surface area contributed by atoms with E-state index in [0.717, 1.165) is 0 Å². The van der Waals surface area contributed by atoms with Gasteiger partial charge in [0.15, 0.2) is 0 Å². The largest absolute Gasteiger partial charge is 0.481 e. The molecule has 21 heavy (non-hydrogen) atoms. The molecule has 0 aromatic heterocycles. The van der Waals surface area contributed by atoms with Gasteiger partial charge in [-0.3, -0.25) is 19.7 Å². The second kappa shape index (κ2) is 6.21. The molecule has 0 radical (unpaired) electrons. The number of hydrogen-bond donors (Lipinski definition) is 2. The topological polar surface area (TPSA) is 110 Å². The zero-order chi connectivity index (χ0) is 15.6. The van der Waals surface area contributed by atoms with Crippen molar-refractivity contribution in [3.8, 4) is 0 Å². The van der Waals surface area contributed by atoms with Crippen LogP contribution < -0.4 is 5.32 Å². The lowest BCUT2D eigenvalue weighted by Gasteiger charge is -2.32. The highest BCUT2D eigenvalue weighted by Crippen LogP contribution is 2.28. The minimum atomic E-state index is -0.835. The molecule has 1 fully saturated rings. The van der Waals surface area contributed by atoms with E-state index in [0.29, 0.717) is 22.9 Å². The molecule has 8 heteroatoms. The van der Waals surface area contributed by atoms with Crippen LogP contribution in [0.1, 0.15) is 18.4 Å². The molecular formula is C13H13BrN2O5. The van der Waals surface area contributed by atoms with Crippen LogP contribution in [-0.2, 0) is 16.0 Å². The molecule has 0 heterocycles. The third kappa shape index (κ3) is 3.78. The minimum absolute atomic E-state index is 0.0469. The predicted octanol–water partition coefficient (Wildman–Crippen LogP) is 1.88. The Kier molecular flexibility index (Phi) is 4.56. The van der Waals surface area contributed by atoms with Crippen LogP contribution in [0.15, 0.2) is 22.7 Å². The van der Waals surface area contributed by atoms with Crippen LogP contribution in [0.4, 0.5) is 5.69 Å². The van der Waals surface area contributed by atoms with E-state index < -0.39 is 10.9 Å². The predicted molar refractivity (Wildman–Crippen MR) is 76.8 cm³/mol. The van der Waals surface area contributed by atoms with Crippen molar-refractivity contribution in [3.05, 3.63) is 38.3 Å². The smallest absolute Gasteiger partial charge is 0.306 e. The number of nitrogens with zero attached hydrogens (tertiary/aromatic N) is 1. The number of aliphatic carboxylic acids is 1. The average molecular weight is 357 g/mol. The quantitative estimate of drug-likeness (QED) is 0.618. The van der Waals surface area contributed by atoms with Gasteiger partial charge < -0.3 is 10.4 Å². The molecule has 0 atom stereocenters. The third-order valence-electron chi connectivity index (χ3n) is 3.45. The molecule has 1 amide bonds. The van der Waals surface area contributed by atoms with E-state index >= 15 is 0 Å². The Morgan fingerprint density at radius 2 is 2.10 bits per heavy atom. The van der Waals surface area contributed by atoms with Gasteiger partial charge in [-0.1, -0.05) is 22.0 Å². The van der Waals surface area contributed by atoms with Gasteiger partial charge in [-0.15, -0.1) is 0 Å². The van der Waals surface area contributed by atoms with Crippen LogP contribution in [0, 0.1) is 16.0 Å². The molecule has 0 spiro atoms. The summed E-state index contributed by atoms with van der Waals surface area (Å²) in [6.07, 6.45) is 0.984. The average Bonchev–Trinajstić information content (AvgIpc) is 2.35. The molecule has 1 aliphatic carbocycles. The number of nitro benzene ring substituents is 1. The van der Waals surface area contributed by atoms with E-state index in [9.17, 15) is 19.7 Å². The first-order valence-electron chi connectivity index (χ1n) is 6.32. The Labute approximate surface area is 128 Å². The summed E-state index contributed by atoms with van der Waals surface area (Å²) in [5.41, 5.74) is 0.599. The minimum Gasteiger partial charge on any atom is -0.481 e. The summed E-state index contributed by atoms with van der Waals surface area (Å²) in [4.78, 5) is 32.6. The number of nitrogens with one attached hydrogen (secondary N) is 1.